The standard InChI is InChI=1S/C20H23N3O2S/c1-24-16-8-6-15(7-9-16)18(23-10-12-25-13-11-23)14-21-20-22-17-4-2-3-5-19(17)26-20/h2-9,18H,10-14H2,1H3,(H,21,22)/t18-/m1/s1. The first-order valence-electron chi connectivity index (χ1n) is 8.89. The van der Waals surface area contributed by atoms with Gasteiger partial charge in [-0.05, 0) is 29.8 Å². The molecule has 0 radical (unpaired) electrons. The highest BCUT2D eigenvalue weighted by atomic mass is 32.1. The summed E-state index contributed by atoms with van der Waals surface area (Å²) >= 11 is 1.70. The summed E-state index contributed by atoms with van der Waals surface area (Å²) in [5.41, 5.74) is 2.33. The average molecular weight is 369 g/mol. The number of rotatable bonds is 6. The average Bonchev–Trinajstić information content (AvgIpc) is 3.12. The molecule has 26 heavy (non-hydrogen) atoms. The summed E-state index contributed by atoms with van der Waals surface area (Å²) in [6, 6.07) is 16.9. The van der Waals surface area contributed by atoms with Gasteiger partial charge in [-0.3, -0.25) is 4.90 Å². The van der Waals surface area contributed by atoms with Gasteiger partial charge in [-0.15, -0.1) is 0 Å². The van der Waals surface area contributed by atoms with Gasteiger partial charge < -0.3 is 14.8 Å². The van der Waals surface area contributed by atoms with E-state index in [0.29, 0.717) is 0 Å². The van der Waals surface area contributed by atoms with Crippen molar-refractivity contribution in [1.82, 2.24) is 9.88 Å². The summed E-state index contributed by atoms with van der Waals surface area (Å²) in [6.45, 7) is 4.27. The van der Waals surface area contributed by atoms with E-state index in [1.54, 1.807) is 18.4 Å². The van der Waals surface area contributed by atoms with Crippen molar-refractivity contribution in [2.45, 2.75) is 6.04 Å². The zero-order valence-electron chi connectivity index (χ0n) is 14.9. The number of ether oxygens (including phenoxy) is 2. The Hall–Kier alpha value is -2.15. The van der Waals surface area contributed by atoms with Gasteiger partial charge in [-0.1, -0.05) is 35.6 Å². The minimum atomic E-state index is 0.275. The van der Waals surface area contributed by atoms with Crippen LogP contribution in [0.25, 0.3) is 10.2 Å². The van der Waals surface area contributed by atoms with E-state index in [1.165, 1.54) is 10.3 Å². The molecule has 6 heteroatoms. The maximum Gasteiger partial charge on any atom is 0.183 e. The highest BCUT2D eigenvalue weighted by Gasteiger charge is 2.23. The van der Waals surface area contributed by atoms with Crippen molar-refractivity contribution in [3.63, 3.8) is 0 Å². The van der Waals surface area contributed by atoms with E-state index >= 15 is 0 Å². The predicted octanol–water partition coefficient (Wildman–Crippen LogP) is 3.79. The number of hydrogen-bond donors (Lipinski definition) is 1. The van der Waals surface area contributed by atoms with Crippen molar-refractivity contribution in [2.75, 3.05) is 45.3 Å². The molecule has 5 nitrogen and oxygen atoms in total. The number of fused-ring (bicyclic) bond motifs is 1. The Morgan fingerprint density at radius 1 is 1.15 bits per heavy atom. The highest BCUT2D eigenvalue weighted by molar-refractivity contribution is 7.22. The molecule has 0 aliphatic carbocycles. The van der Waals surface area contributed by atoms with Crippen LogP contribution in [0, 0.1) is 0 Å². The summed E-state index contributed by atoms with van der Waals surface area (Å²) in [5.74, 6) is 0.883. The first kappa shape index (κ1) is 17.3. The van der Waals surface area contributed by atoms with Gasteiger partial charge in [0.1, 0.15) is 5.75 Å². The van der Waals surface area contributed by atoms with Gasteiger partial charge in [0.05, 0.1) is 36.6 Å². The lowest BCUT2D eigenvalue weighted by atomic mass is 10.0. The van der Waals surface area contributed by atoms with Gasteiger partial charge in [0, 0.05) is 19.6 Å². The third-order valence-corrected chi connectivity index (χ3v) is 5.72. The second-order valence-corrected chi connectivity index (χ2v) is 7.34. The van der Waals surface area contributed by atoms with Gasteiger partial charge in [-0.2, -0.15) is 0 Å². The van der Waals surface area contributed by atoms with E-state index in [1.807, 2.05) is 18.2 Å². The first-order valence-corrected chi connectivity index (χ1v) is 9.70. The maximum absolute atomic E-state index is 5.53. The normalized spacial score (nSPS) is 16.5. The summed E-state index contributed by atoms with van der Waals surface area (Å²) in [7, 11) is 1.70. The van der Waals surface area contributed by atoms with Crippen LogP contribution in [0.3, 0.4) is 0 Å². The van der Waals surface area contributed by atoms with Crippen molar-refractivity contribution in [3.05, 3.63) is 54.1 Å². The molecule has 1 N–H and O–H groups in total. The van der Waals surface area contributed by atoms with Crippen LogP contribution in [0.2, 0.25) is 0 Å². The SMILES string of the molecule is COc1ccc([C@@H](CNc2nc3ccccc3s2)N2CCOCC2)cc1. The van der Waals surface area contributed by atoms with Crippen LogP contribution in [0.5, 0.6) is 5.75 Å². The van der Waals surface area contributed by atoms with Crippen LogP contribution in [0.1, 0.15) is 11.6 Å². The van der Waals surface area contributed by atoms with Crippen LogP contribution in [-0.4, -0.2) is 49.8 Å². The number of aromatic nitrogens is 1. The van der Waals surface area contributed by atoms with Crippen molar-refractivity contribution in [3.8, 4) is 5.75 Å². The van der Waals surface area contributed by atoms with Crippen LogP contribution in [0.4, 0.5) is 5.13 Å². The molecule has 1 aliphatic rings. The molecule has 1 aliphatic heterocycles. The fourth-order valence-corrected chi connectivity index (χ4v) is 4.18. The predicted molar refractivity (Wildman–Crippen MR) is 106 cm³/mol. The van der Waals surface area contributed by atoms with Gasteiger partial charge in [0.25, 0.3) is 0 Å². The Morgan fingerprint density at radius 3 is 2.65 bits per heavy atom. The Bertz CT molecular complexity index is 811. The van der Waals surface area contributed by atoms with Crippen molar-refractivity contribution in [2.24, 2.45) is 0 Å². The third kappa shape index (κ3) is 3.82. The minimum absolute atomic E-state index is 0.275. The van der Waals surface area contributed by atoms with Gasteiger partial charge in [0.2, 0.25) is 0 Å². The molecule has 4 rings (SSSR count). The smallest absolute Gasteiger partial charge is 0.183 e. The largest absolute Gasteiger partial charge is 0.497 e. The Labute approximate surface area is 157 Å². The Kier molecular flexibility index (Phi) is 5.34. The minimum Gasteiger partial charge on any atom is -0.497 e. The van der Waals surface area contributed by atoms with Crippen molar-refractivity contribution in [1.29, 1.82) is 0 Å². The number of thiazole rings is 1. The Morgan fingerprint density at radius 2 is 1.92 bits per heavy atom. The molecular weight excluding hydrogens is 346 g/mol. The van der Waals surface area contributed by atoms with Crippen LogP contribution < -0.4 is 10.1 Å². The molecule has 0 spiro atoms. The highest BCUT2D eigenvalue weighted by Crippen LogP contribution is 2.28. The fourth-order valence-electron chi connectivity index (χ4n) is 3.30. The van der Waals surface area contributed by atoms with E-state index in [9.17, 15) is 0 Å². The lowest BCUT2D eigenvalue weighted by Crippen LogP contribution is -2.41. The number of para-hydroxylation sites is 1. The van der Waals surface area contributed by atoms with Gasteiger partial charge in [-0.25, -0.2) is 4.98 Å². The van der Waals surface area contributed by atoms with Crippen LogP contribution in [0.15, 0.2) is 48.5 Å². The summed E-state index contributed by atoms with van der Waals surface area (Å²) in [4.78, 5) is 7.17. The molecule has 136 valence electrons. The second-order valence-electron chi connectivity index (χ2n) is 6.30. The monoisotopic (exact) mass is 369 g/mol. The second kappa shape index (κ2) is 8.03. The van der Waals surface area contributed by atoms with Gasteiger partial charge in [0.15, 0.2) is 5.13 Å². The maximum atomic E-state index is 5.53. The quantitative estimate of drug-likeness (QED) is 0.716. The molecule has 0 saturated carbocycles. The molecular formula is C20H23N3O2S. The van der Waals surface area contributed by atoms with Crippen molar-refractivity contribution < 1.29 is 9.47 Å². The van der Waals surface area contributed by atoms with Crippen molar-refractivity contribution >= 4 is 26.7 Å². The van der Waals surface area contributed by atoms with Gasteiger partial charge >= 0.3 is 0 Å². The zero-order valence-corrected chi connectivity index (χ0v) is 15.7. The number of hydrogen-bond acceptors (Lipinski definition) is 6. The van der Waals surface area contributed by atoms with E-state index in [-0.39, 0.29) is 6.04 Å². The molecule has 3 aromatic rings. The number of methoxy groups -OCH3 is 1. The zero-order chi connectivity index (χ0) is 17.8. The molecule has 0 unspecified atom stereocenters. The summed E-state index contributed by atoms with van der Waals surface area (Å²) in [5, 5.41) is 4.52. The Balaban J connectivity index is 1.53. The van der Waals surface area contributed by atoms with E-state index in [2.05, 4.69) is 40.5 Å². The lowest BCUT2D eigenvalue weighted by molar-refractivity contribution is 0.0187. The molecule has 2 heterocycles. The molecule has 1 aromatic heterocycles. The van der Waals surface area contributed by atoms with Crippen LogP contribution >= 0.6 is 11.3 Å². The molecule has 2 aromatic carbocycles. The van der Waals surface area contributed by atoms with Crippen LogP contribution in [-0.2, 0) is 4.74 Å². The topological polar surface area (TPSA) is 46.6 Å². The molecule has 0 bridgehead atoms. The third-order valence-electron chi connectivity index (χ3n) is 4.73. The fraction of sp³-hybridized carbons (Fsp3) is 0.350. The number of benzene rings is 2. The molecule has 1 saturated heterocycles. The summed E-state index contributed by atoms with van der Waals surface area (Å²) < 4.78 is 12.0. The van der Waals surface area contributed by atoms with E-state index in [4.69, 9.17) is 14.5 Å². The number of nitrogens with zero attached hydrogens (tertiary/aromatic N) is 2. The molecule has 1 atom stereocenters. The van der Waals surface area contributed by atoms with E-state index < -0.39 is 0 Å². The number of anilines is 1. The lowest BCUT2D eigenvalue weighted by Gasteiger charge is -2.35. The first-order chi connectivity index (χ1) is 12.8. The molecule has 1 fully saturated rings. The number of morpholine rings is 1. The molecule has 0 amide bonds. The summed E-state index contributed by atoms with van der Waals surface area (Å²) in [6.07, 6.45) is 0. The number of nitrogens with one attached hydrogen (secondary N) is 1. The van der Waals surface area contributed by atoms with E-state index in [0.717, 1.165) is 49.2 Å².